The van der Waals surface area contributed by atoms with Crippen LogP contribution < -0.4 is 15.8 Å². The second-order valence-electron chi connectivity index (χ2n) is 5.74. The molecule has 2 aromatic rings. The van der Waals surface area contributed by atoms with Gasteiger partial charge in [0.1, 0.15) is 5.75 Å². The van der Waals surface area contributed by atoms with Gasteiger partial charge in [0, 0.05) is 18.8 Å². The Morgan fingerprint density at radius 1 is 1.11 bits per heavy atom. The standard InChI is InChI=1S/C19H22F3N3O2/c1-14(15-6-3-2-4-7-15)26-13-5-12-24-18(23)25-16-8-10-17(11-9-16)27-19(20,21)22/h2-4,6-11,14H,5,12-13H2,1H3,(H3,23,24,25). The van der Waals surface area contributed by atoms with Gasteiger partial charge in [-0.25, -0.2) is 0 Å². The number of nitrogens with one attached hydrogen (secondary N) is 1. The second kappa shape index (κ2) is 9.82. The van der Waals surface area contributed by atoms with Gasteiger partial charge >= 0.3 is 6.36 Å². The molecule has 1 unspecified atom stereocenters. The number of hydrogen-bond donors (Lipinski definition) is 2. The lowest BCUT2D eigenvalue weighted by atomic mass is 10.1. The maximum Gasteiger partial charge on any atom is 0.573 e. The number of guanidine groups is 1. The van der Waals surface area contributed by atoms with Crippen LogP contribution in [0.15, 0.2) is 59.6 Å². The fraction of sp³-hybridized carbons (Fsp3) is 0.316. The first-order chi connectivity index (χ1) is 12.8. The fourth-order valence-electron chi connectivity index (χ4n) is 2.27. The monoisotopic (exact) mass is 381 g/mol. The lowest BCUT2D eigenvalue weighted by molar-refractivity contribution is -0.274. The van der Waals surface area contributed by atoms with Crippen LogP contribution in [-0.4, -0.2) is 25.5 Å². The largest absolute Gasteiger partial charge is 0.573 e. The summed E-state index contributed by atoms with van der Waals surface area (Å²) in [5.41, 5.74) is 7.39. The molecule has 0 aromatic heterocycles. The quantitative estimate of drug-likeness (QED) is 0.402. The number of rotatable bonds is 8. The SMILES string of the molecule is CC(OCCCN=C(N)Nc1ccc(OC(F)(F)F)cc1)c1ccccc1. The molecule has 0 amide bonds. The highest BCUT2D eigenvalue weighted by atomic mass is 19.4. The number of alkyl halides is 3. The van der Waals surface area contributed by atoms with Crippen molar-refractivity contribution in [1.82, 2.24) is 0 Å². The van der Waals surface area contributed by atoms with E-state index in [1.54, 1.807) is 0 Å². The summed E-state index contributed by atoms with van der Waals surface area (Å²) in [5.74, 6) is -0.121. The molecule has 0 fully saturated rings. The molecule has 0 bridgehead atoms. The third-order valence-electron chi connectivity index (χ3n) is 3.58. The van der Waals surface area contributed by atoms with Crippen molar-refractivity contribution in [2.45, 2.75) is 25.8 Å². The van der Waals surface area contributed by atoms with Gasteiger partial charge in [0.15, 0.2) is 5.96 Å². The Balaban J connectivity index is 1.70. The molecule has 0 heterocycles. The fourth-order valence-corrected chi connectivity index (χ4v) is 2.27. The molecule has 146 valence electrons. The van der Waals surface area contributed by atoms with E-state index < -0.39 is 6.36 Å². The van der Waals surface area contributed by atoms with Crippen molar-refractivity contribution >= 4 is 11.6 Å². The molecular weight excluding hydrogens is 359 g/mol. The van der Waals surface area contributed by atoms with Crippen molar-refractivity contribution in [3.8, 4) is 5.75 Å². The molecule has 2 aromatic carbocycles. The van der Waals surface area contributed by atoms with E-state index >= 15 is 0 Å². The summed E-state index contributed by atoms with van der Waals surface area (Å²) in [6, 6.07) is 15.1. The number of nitrogens with zero attached hydrogens (tertiary/aromatic N) is 1. The van der Waals surface area contributed by atoms with Gasteiger partial charge in [0.05, 0.1) is 6.10 Å². The number of benzene rings is 2. The molecule has 0 radical (unpaired) electrons. The van der Waals surface area contributed by atoms with Gasteiger partial charge in [-0.05, 0) is 43.2 Å². The Labute approximate surface area is 156 Å². The Kier molecular flexibility index (Phi) is 7.48. The maximum atomic E-state index is 12.1. The van der Waals surface area contributed by atoms with Crippen LogP contribution in [-0.2, 0) is 4.74 Å². The average Bonchev–Trinajstić information content (AvgIpc) is 2.62. The van der Waals surface area contributed by atoms with Crippen LogP contribution in [0.5, 0.6) is 5.75 Å². The summed E-state index contributed by atoms with van der Waals surface area (Å²) in [6.45, 7) is 2.99. The molecule has 2 rings (SSSR count). The third kappa shape index (κ3) is 8.00. The topological polar surface area (TPSA) is 68.9 Å². The zero-order valence-corrected chi connectivity index (χ0v) is 14.9. The minimum atomic E-state index is -4.71. The van der Waals surface area contributed by atoms with Gasteiger partial charge in [-0.15, -0.1) is 13.2 Å². The third-order valence-corrected chi connectivity index (χ3v) is 3.58. The summed E-state index contributed by atoms with van der Waals surface area (Å²) >= 11 is 0. The molecular formula is C19H22F3N3O2. The van der Waals surface area contributed by atoms with Crippen molar-refractivity contribution in [2.75, 3.05) is 18.5 Å². The van der Waals surface area contributed by atoms with Gasteiger partial charge in [-0.1, -0.05) is 30.3 Å². The van der Waals surface area contributed by atoms with E-state index in [4.69, 9.17) is 10.5 Å². The lowest BCUT2D eigenvalue weighted by Gasteiger charge is -2.13. The summed E-state index contributed by atoms with van der Waals surface area (Å²) in [7, 11) is 0. The molecule has 0 aliphatic rings. The van der Waals surface area contributed by atoms with Crippen LogP contribution in [0.2, 0.25) is 0 Å². The Hall–Kier alpha value is -2.74. The zero-order valence-electron chi connectivity index (χ0n) is 14.9. The molecule has 27 heavy (non-hydrogen) atoms. The van der Waals surface area contributed by atoms with Crippen molar-refractivity contribution in [3.63, 3.8) is 0 Å². The number of halogens is 3. The van der Waals surface area contributed by atoms with Gasteiger partial charge in [-0.2, -0.15) is 0 Å². The number of ether oxygens (including phenoxy) is 2. The van der Waals surface area contributed by atoms with Crippen molar-refractivity contribution in [3.05, 3.63) is 60.2 Å². The van der Waals surface area contributed by atoms with Crippen LogP contribution in [0.1, 0.15) is 25.0 Å². The molecule has 0 saturated carbocycles. The predicted octanol–water partition coefficient (Wildman–Crippen LogP) is 4.48. The van der Waals surface area contributed by atoms with E-state index in [9.17, 15) is 13.2 Å². The van der Waals surface area contributed by atoms with E-state index in [-0.39, 0.29) is 17.8 Å². The molecule has 8 heteroatoms. The van der Waals surface area contributed by atoms with Gasteiger partial charge in [-0.3, -0.25) is 4.99 Å². The first kappa shape index (κ1) is 20.6. The van der Waals surface area contributed by atoms with E-state index in [1.807, 2.05) is 37.3 Å². The normalized spacial score (nSPS) is 13.3. The maximum absolute atomic E-state index is 12.1. The lowest BCUT2D eigenvalue weighted by Crippen LogP contribution is -2.23. The first-order valence-electron chi connectivity index (χ1n) is 8.43. The molecule has 0 spiro atoms. The van der Waals surface area contributed by atoms with Gasteiger partial charge < -0.3 is 20.5 Å². The molecule has 3 N–H and O–H groups in total. The Morgan fingerprint density at radius 2 is 1.78 bits per heavy atom. The minimum absolute atomic E-state index is 0.00285. The van der Waals surface area contributed by atoms with Gasteiger partial charge in [0.2, 0.25) is 0 Å². The van der Waals surface area contributed by atoms with Crippen LogP contribution in [0, 0.1) is 0 Å². The minimum Gasteiger partial charge on any atom is -0.406 e. The highest BCUT2D eigenvalue weighted by molar-refractivity contribution is 5.92. The molecule has 5 nitrogen and oxygen atoms in total. The average molecular weight is 381 g/mol. The summed E-state index contributed by atoms with van der Waals surface area (Å²) in [5, 5.41) is 2.81. The highest BCUT2D eigenvalue weighted by Crippen LogP contribution is 2.23. The van der Waals surface area contributed by atoms with Crippen molar-refractivity contribution < 1.29 is 22.6 Å². The van der Waals surface area contributed by atoms with E-state index in [2.05, 4.69) is 15.0 Å². The van der Waals surface area contributed by atoms with Gasteiger partial charge in [0.25, 0.3) is 0 Å². The molecule has 0 aliphatic heterocycles. The van der Waals surface area contributed by atoms with Crippen LogP contribution in [0.4, 0.5) is 18.9 Å². The Morgan fingerprint density at radius 3 is 2.41 bits per heavy atom. The van der Waals surface area contributed by atoms with E-state index in [1.165, 1.54) is 24.3 Å². The van der Waals surface area contributed by atoms with E-state index in [0.717, 1.165) is 5.56 Å². The van der Waals surface area contributed by atoms with Crippen LogP contribution in [0.3, 0.4) is 0 Å². The number of anilines is 1. The molecule has 0 saturated heterocycles. The second-order valence-corrected chi connectivity index (χ2v) is 5.74. The highest BCUT2D eigenvalue weighted by Gasteiger charge is 2.30. The number of nitrogens with two attached hydrogens (primary N) is 1. The predicted molar refractivity (Wildman–Crippen MR) is 98.7 cm³/mol. The first-order valence-corrected chi connectivity index (χ1v) is 8.43. The Bertz CT molecular complexity index is 719. The van der Waals surface area contributed by atoms with E-state index in [0.29, 0.717) is 25.3 Å². The molecule has 0 aliphatic carbocycles. The summed E-state index contributed by atoms with van der Waals surface area (Å²) < 4.78 is 45.9. The van der Waals surface area contributed by atoms with Crippen molar-refractivity contribution in [1.29, 1.82) is 0 Å². The smallest absolute Gasteiger partial charge is 0.406 e. The summed E-state index contributed by atoms with van der Waals surface area (Å²) in [4.78, 5) is 4.16. The number of hydrogen-bond acceptors (Lipinski definition) is 3. The van der Waals surface area contributed by atoms with Crippen molar-refractivity contribution in [2.24, 2.45) is 10.7 Å². The van der Waals surface area contributed by atoms with Crippen LogP contribution >= 0.6 is 0 Å². The molecule has 1 atom stereocenters. The number of aliphatic imine (C=N–C) groups is 1. The van der Waals surface area contributed by atoms with Crippen LogP contribution in [0.25, 0.3) is 0 Å². The summed E-state index contributed by atoms with van der Waals surface area (Å²) in [6.07, 6.45) is -4.02. The zero-order chi connectivity index (χ0) is 19.7.